The number of aromatic nitrogens is 5. The van der Waals surface area contributed by atoms with Gasteiger partial charge in [0, 0.05) is 6.20 Å². The fourth-order valence-corrected chi connectivity index (χ4v) is 1.33. The van der Waals surface area contributed by atoms with Crippen molar-refractivity contribution in [1.29, 1.82) is 0 Å². The molecule has 0 aliphatic heterocycles. The Balaban J connectivity index is 1.86. The molecule has 7 heteroatoms. The molecule has 2 aromatic heterocycles. The number of carbonyl (C=O) groups is 1. The van der Waals surface area contributed by atoms with E-state index in [1.807, 2.05) is 19.1 Å². The highest BCUT2D eigenvalue weighted by Crippen LogP contribution is 2.01. The van der Waals surface area contributed by atoms with Crippen molar-refractivity contribution in [1.82, 2.24) is 30.5 Å². The molecule has 2 heterocycles. The van der Waals surface area contributed by atoms with Crippen LogP contribution in [0.2, 0.25) is 0 Å². The Morgan fingerprint density at radius 1 is 1.53 bits per heavy atom. The third-order valence-electron chi connectivity index (χ3n) is 2.25. The number of nitrogens with zero attached hydrogens (tertiary/aromatic N) is 5. The smallest absolute Gasteiger partial charge is 0.243 e. The lowest BCUT2D eigenvalue weighted by Gasteiger charge is -2.06. The molecule has 7 nitrogen and oxygen atoms in total. The summed E-state index contributed by atoms with van der Waals surface area (Å²) in [5, 5.41) is 13.6. The van der Waals surface area contributed by atoms with Crippen molar-refractivity contribution in [2.45, 2.75) is 20.0 Å². The van der Waals surface area contributed by atoms with Crippen LogP contribution in [0.5, 0.6) is 0 Å². The standard InChI is InChI=1S/C10H12N6O/c1-8-3-2-4-11-9(8)5-12-10(17)6-16-14-7-13-15-16/h2-4,7H,5-6H2,1H3,(H,12,17). The number of nitrogens with one attached hydrogen (secondary N) is 1. The molecule has 0 radical (unpaired) electrons. The van der Waals surface area contributed by atoms with E-state index in [1.165, 1.54) is 11.1 Å². The summed E-state index contributed by atoms with van der Waals surface area (Å²) in [6.45, 7) is 2.42. The molecule has 2 rings (SSSR count). The van der Waals surface area contributed by atoms with Crippen molar-refractivity contribution >= 4 is 5.91 Å². The van der Waals surface area contributed by atoms with E-state index < -0.39 is 0 Å². The molecule has 0 saturated heterocycles. The van der Waals surface area contributed by atoms with E-state index in [-0.39, 0.29) is 12.5 Å². The van der Waals surface area contributed by atoms with Crippen molar-refractivity contribution in [3.8, 4) is 0 Å². The molecule has 0 aliphatic rings. The zero-order valence-corrected chi connectivity index (χ0v) is 9.37. The number of aryl methyl sites for hydroxylation is 1. The van der Waals surface area contributed by atoms with Crippen molar-refractivity contribution in [3.05, 3.63) is 35.9 Å². The third kappa shape index (κ3) is 3.07. The van der Waals surface area contributed by atoms with Crippen LogP contribution in [0.4, 0.5) is 0 Å². The van der Waals surface area contributed by atoms with Crippen LogP contribution in [-0.4, -0.2) is 31.1 Å². The van der Waals surface area contributed by atoms with E-state index in [0.717, 1.165) is 11.3 Å². The second kappa shape index (κ2) is 5.15. The molecular weight excluding hydrogens is 220 g/mol. The van der Waals surface area contributed by atoms with Gasteiger partial charge in [0.2, 0.25) is 5.91 Å². The summed E-state index contributed by atoms with van der Waals surface area (Å²) in [6, 6.07) is 3.81. The molecule has 88 valence electrons. The maximum atomic E-state index is 11.5. The van der Waals surface area contributed by atoms with E-state index >= 15 is 0 Å². The van der Waals surface area contributed by atoms with Crippen LogP contribution in [0.15, 0.2) is 24.7 Å². The molecule has 1 amide bonds. The van der Waals surface area contributed by atoms with Gasteiger partial charge in [-0.3, -0.25) is 9.78 Å². The Morgan fingerprint density at radius 2 is 2.41 bits per heavy atom. The van der Waals surface area contributed by atoms with Gasteiger partial charge in [-0.1, -0.05) is 6.07 Å². The zero-order valence-electron chi connectivity index (χ0n) is 9.37. The lowest BCUT2D eigenvalue weighted by Crippen LogP contribution is -2.28. The van der Waals surface area contributed by atoms with Gasteiger partial charge in [0.15, 0.2) is 6.33 Å². The predicted molar refractivity (Wildman–Crippen MR) is 58.6 cm³/mol. The van der Waals surface area contributed by atoms with E-state index in [9.17, 15) is 4.79 Å². The molecule has 2 aromatic rings. The number of hydrogen-bond acceptors (Lipinski definition) is 5. The van der Waals surface area contributed by atoms with Gasteiger partial charge in [-0.15, -0.1) is 10.2 Å². The summed E-state index contributed by atoms with van der Waals surface area (Å²) in [5.41, 5.74) is 1.90. The highest BCUT2D eigenvalue weighted by atomic mass is 16.2. The van der Waals surface area contributed by atoms with Crippen LogP contribution >= 0.6 is 0 Å². The summed E-state index contributed by atoms with van der Waals surface area (Å²) < 4.78 is 0. The summed E-state index contributed by atoms with van der Waals surface area (Å²) >= 11 is 0. The number of tetrazole rings is 1. The average molecular weight is 232 g/mol. The van der Waals surface area contributed by atoms with Gasteiger partial charge in [-0.2, -0.15) is 4.80 Å². The molecular formula is C10H12N6O. The molecule has 0 spiro atoms. The molecule has 0 aromatic carbocycles. The monoisotopic (exact) mass is 232 g/mol. The maximum Gasteiger partial charge on any atom is 0.243 e. The quantitative estimate of drug-likeness (QED) is 0.781. The van der Waals surface area contributed by atoms with Crippen LogP contribution < -0.4 is 5.32 Å². The Labute approximate surface area is 97.9 Å². The maximum absolute atomic E-state index is 11.5. The molecule has 0 fully saturated rings. The highest BCUT2D eigenvalue weighted by molar-refractivity contribution is 5.75. The average Bonchev–Trinajstić information content (AvgIpc) is 2.81. The highest BCUT2D eigenvalue weighted by Gasteiger charge is 2.05. The van der Waals surface area contributed by atoms with Gasteiger partial charge in [0.05, 0.1) is 12.2 Å². The van der Waals surface area contributed by atoms with Gasteiger partial charge >= 0.3 is 0 Å². The lowest BCUT2D eigenvalue weighted by atomic mass is 10.2. The predicted octanol–water partition coefficient (Wildman–Crippen LogP) is -0.307. The van der Waals surface area contributed by atoms with Crippen molar-refractivity contribution in [2.24, 2.45) is 0 Å². The zero-order chi connectivity index (χ0) is 12.1. The minimum Gasteiger partial charge on any atom is -0.349 e. The second-order valence-corrected chi connectivity index (χ2v) is 3.51. The molecule has 1 N–H and O–H groups in total. The molecule has 0 saturated carbocycles. The van der Waals surface area contributed by atoms with Crippen LogP contribution in [0, 0.1) is 6.92 Å². The van der Waals surface area contributed by atoms with E-state index in [4.69, 9.17) is 0 Å². The van der Waals surface area contributed by atoms with E-state index in [2.05, 4.69) is 25.7 Å². The van der Waals surface area contributed by atoms with Gasteiger partial charge in [-0.25, -0.2) is 0 Å². The Hall–Kier alpha value is -2.31. The van der Waals surface area contributed by atoms with Crippen molar-refractivity contribution < 1.29 is 4.79 Å². The fraction of sp³-hybridized carbons (Fsp3) is 0.300. The first-order valence-electron chi connectivity index (χ1n) is 5.13. The molecule has 0 bridgehead atoms. The Morgan fingerprint density at radius 3 is 3.12 bits per heavy atom. The van der Waals surface area contributed by atoms with Gasteiger partial charge < -0.3 is 5.32 Å². The molecule has 0 aliphatic carbocycles. The number of pyridine rings is 1. The van der Waals surface area contributed by atoms with E-state index in [0.29, 0.717) is 6.54 Å². The van der Waals surface area contributed by atoms with Crippen LogP contribution in [-0.2, 0) is 17.9 Å². The first-order valence-corrected chi connectivity index (χ1v) is 5.13. The minimum absolute atomic E-state index is 0.0614. The Kier molecular flexibility index (Phi) is 3.39. The number of amides is 1. The van der Waals surface area contributed by atoms with Crippen LogP contribution in [0.25, 0.3) is 0 Å². The fourth-order valence-electron chi connectivity index (χ4n) is 1.33. The number of hydrogen-bond donors (Lipinski definition) is 1. The second-order valence-electron chi connectivity index (χ2n) is 3.51. The minimum atomic E-state index is -0.173. The van der Waals surface area contributed by atoms with Crippen molar-refractivity contribution in [3.63, 3.8) is 0 Å². The first-order chi connectivity index (χ1) is 8.25. The SMILES string of the molecule is Cc1cccnc1CNC(=O)Cn1ncnn1. The largest absolute Gasteiger partial charge is 0.349 e. The first kappa shape index (κ1) is 11.2. The van der Waals surface area contributed by atoms with Crippen molar-refractivity contribution in [2.75, 3.05) is 0 Å². The molecule has 17 heavy (non-hydrogen) atoms. The van der Waals surface area contributed by atoms with Gasteiger partial charge in [0.1, 0.15) is 6.54 Å². The van der Waals surface area contributed by atoms with Gasteiger partial charge in [0.25, 0.3) is 0 Å². The normalized spacial score (nSPS) is 10.2. The Bertz CT molecular complexity index is 495. The summed E-state index contributed by atoms with van der Waals surface area (Å²) in [6.07, 6.45) is 2.99. The summed E-state index contributed by atoms with van der Waals surface area (Å²) in [7, 11) is 0. The summed E-state index contributed by atoms with van der Waals surface area (Å²) in [5.74, 6) is -0.173. The van der Waals surface area contributed by atoms with E-state index in [1.54, 1.807) is 6.20 Å². The topological polar surface area (TPSA) is 85.6 Å². The lowest BCUT2D eigenvalue weighted by molar-refractivity contribution is -0.122. The molecule has 0 atom stereocenters. The van der Waals surface area contributed by atoms with Crippen LogP contribution in [0.1, 0.15) is 11.3 Å². The number of rotatable bonds is 4. The number of carbonyl (C=O) groups excluding carboxylic acids is 1. The third-order valence-corrected chi connectivity index (χ3v) is 2.25. The van der Waals surface area contributed by atoms with Gasteiger partial charge in [-0.05, 0) is 23.8 Å². The molecule has 0 unspecified atom stereocenters. The van der Waals surface area contributed by atoms with Crippen LogP contribution in [0.3, 0.4) is 0 Å². The summed E-state index contributed by atoms with van der Waals surface area (Å²) in [4.78, 5) is 16.9.